The molecule has 1 fully saturated rings. The van der Waals surface area contributed by atoms with Gasteiger partial charge in [0.2, 0.25) is 0 Å². The van der Waals surface area contributed by atoms with Crippen molar-refractivity contribution in [2.45, 2.75) is 18.4 Å². The first-order chi connectivity index (χ1) is 6.18. The molecule has 0 amide bonds. The first-order valence-electron chi connectivity index (χ1n) is 4.19. The van der Waals surface area contributed by atoms with Gasteiger partial charge in [-0.15, -0.1) is 0 Å². The Morgan fingerprint density at radius 1 is 1.23 bits per heavy atom. The molecule has 1 aromatic rings. The van der Waals surface area contributed by atoms with Crippen molar-refractivity contribution in [2.75, 3.05) is 0 Å². The highest BCUT2D eigenvalue weighted by Crippen LogP contribution is 2.33. The van der Waals surface area contributed by atoms with Crippen molar-refractivity contribution in [2.24, 2.45) is 0 Å². The lowest BCUT2D eigenvalue weighted by Gasteiger charge is -1.93. The van der Waals surface area contributed by atoms with Crippen LogP contribution in [0.25, 0.3) is 0 Å². The summed E-state index contributed by atoms with van der Waals surface area (Å²) in [4.78, 5) is 0. The molecular formula is C11H9ClO. The summed E-state index contributed by atoms with van der Waals surface area (Å²) in [6, 6.07) is 7.28. The van der Waals surface area contributed by atoms with Gasteiger partial charge >= 0.3 is 0 Å². The molecule has 0 aliphatic heterocycles. The van der Waals surface area contributed by atoms with E-state index in [-0.39, 0.29) is 0 Å². The molecule has 0 radical (unpaired) electrons. The zero-order valence-electron chi connectivity index (χ0n) is 7.05. The molecule has 0 aromatic heterocycles. The number of hydrogen-bond donors (Lipinski definition) is 1. The van der Waals surface area contributed by atoms with E-state index in [9.17, 15) is 5.11 Å². The summed E-state index contributed by atoms with van der Waals surface area (Å²) in [5.41, 5.74) is 0.198. The topological polar surface area (TPSA) is 20.2 Å². The molecule has 1 N–H and O–H groups in total. The van der Waals surface area contributed by atoms with Crippen molar-refractivity contribution in [1.29, 1.82) is 0 Å². The maximum atomic E-state index is 9.44. The summed E-state index contributed by atoms with van der Waals surface area (Å²) in [7, 11) is 0. The molecule has 0 atom stereocenters. The lowest BCUT2D eigenvalue weighted by molar-refractivity contribution is 0.212. The summed E-state index contributed by atoms with van der Waals surface area (Å²) in [6.45, 7) is 0. The predicted octanol–water partition coefficient (Wildman–Crippen LogP) is 2.22. The quantitative estimate of drug-likeness (QED) is 0.625. The van der Waals surface area contributed by atoms with Crippen LogP contribution in [0.1, 0.15) is 18.4 Å². The zero-order chi connectivity index (χ0) is 9.31. The van der Waals surface area contributed by atoms with Crippen LogP contribution in [0.5, 0.6) is 0 Å². The molecule has 0 heterocycles. The number of aliphatic hydroxyl groups is 1. The smallest absolute Gasteiger partial charge is 0.126 e. The van der Waals surface area contributed by atoms with E-state index in [1.165, 1.54) is 0 Å². The number of hydrogen-bond acceptors (Lipinski definition) is 1. The molecule has 0 unspecified atom stereocenters. The summed E-state index contributed by atoms with van der Waals surface area (Å²) in [5.74, 6) is 5.75. The van der Waals surface area contributed by atoms with Crippen molar-refractivity contribution in [3.8, 4) is 11.8 Å². The Balaban J connectivity index is 2.16. The molecule has 2 rings (SSSR count). The van der Waals surface area contributed by atoms with Crippen LogP contribution in [0.4, 0.5) is 0 Å². The van der Waals surface area contributed by atoms with Gasteiger partial charge in [0.15, 0.2) is 0 Å². The minimum atomic E-state index is -0.695. The zero-order valence-corrected chi connectivity index (χ0v) is 7.80. The molecule has 66 valence electrons. The van der Waals surface area contributed by atoms with E-state index in [1.54, 1.807) is 12.1 Å². The summed E-state index contributed by atoms with van der Waals surface area (Å²) >= 11 is 5.72. The van der Waals surface area contributed by atoms with Crippen molar-refractivity contribution in [3.63, 3.8) is 0 Å². The first-order valence-corrected chi connectivity index (χ1v) is 4.57. The standard InChI is InChI=1S/C11H9ClO/c12-10-3-1-9(2-4-10)5-6-11(13)7-8-11/h1-4,13H,7-8H2. The summed E-state index contributed by atoms with van der Waals surface area (Å²) in [6.07, 6.45) is 1.60. The minimum Gasteiger partial charge on any atom is -0.378 e. The predicted molar refractivity (Wildman–Crippen MR) is 52.5 cm³/mol. The van der Waals surface area contributed by atoms with Gasteiger partial charge < -0.3 is 5.11 Å². The summed E-state index contributed by atoms with van der Waals surface area (Å²) < 4.78 is 0. The monoisotopic (exact) mass is 192 g/mol. The van der Waals surface area contributed by atoms with Gasteiger partial charge in [-0.1, -0.05) is 23.4 Å². The maximum Gasteiger partial charge on any atom is 0.126 e. The van der Waals surface area contributed by atoms with Crippen LogP contribution in [-0.2, 0) is 0 Å². The Labute approximate surface area is 82.3 Å². The second-order valence-corrected chi connectivity index (χ2v) is 3.72. The molecule has 1 aliphatic rings. The lowest BCUT2D eigenvalue weighted by Crippen LogP contribution is -2.00. The van der Waals surface area contributed by atoms with Crippen LogP contribution in [0.2, 0.25) is 5.02 Å². The normalized spacial score (nSPS) is 17.4. The van der Waals surface area contributed by atoms with E-state index in [0.717, 1.165) is 18.4 Å². The molecule has 1 aromatic carbocycles. The number of halogens is 1. The van der Waals surface area contributed by atoms with Gasteiger partial charge in [-0.25, -0.2) is 0 Å². The van der Waals surface area contributed by atoms with Crippen LogP contribution in [-0.4, -0.2) is 10.7 Å². The lowest BCUT2D eigenvalue weighted by atomic mass is 10.2. The third-order valence-electron chi connectivity index (χ3n) is 2.01. The third kappa shape index (κ3) is 2.24. The molecule has 1 aliphatic carbocycles. The first kappa shape index (κ1) is 8.62. The van der Waals surface area contributed by atoms with E-state index in [0.29, 0.717) is 5.02 Å². The fraction of sp³-hybridized carbons (Fsp3) is 0.273. The largest absolute Gasteiger partial charge is 0.378 e. The summed E-state index contributed by atoms with van der Waals surface area (Å²) in [5, 5.41) is 10.1. The van der Waals surface area contributed by atoms with Gasteiger partial charge in [0.1, 0.15) is 5.60 Å². The SMILES string of the molecule is OC1(C#Cc2ccc(Cl)cc2)CC1. The van der Waals surface area contributed by atoms with Crippen molar-refractivity contribution < 1.29 is 5.11 Å². The van der Waals surface area contributed by atoms with Crippen molar-refractivity contribution in [3.05, 3.63) is 34.9 Å². The van der Waals surface area contributed by atoms with Crippen molar-refractivity contribution in [1.82, 2.24) is 0 Å². The second-order valence-electron chi connectivity index (χ2n) is 3.29. The van der Waals surface area contributed by atoms with Crippen LogP contribution >= 0.6 is 11.6 Å². The van der Waals surface area contributed by atoms with Crippen LogP contribution in [0.15, 0.2) is 24.3 Å². The van der Waals surface area contributed by atoms with E-state index < -0.39 is 5.60 Å². The Hall–Kier alpha value is -0.970. The molecule has 0 spiro atoms. The number of benzene rings is 1. The van der Waals surface area contributed by atoms with Crippen molar-refractivity contribution >= 4 is 11.6 Å². The Bertz CT molecular complexity index is 365. The molecule has 0 bridgehead atoms. The maximum absolute atomic E-state index is 9.44. The fourth-order valence-corrected chi connectivity index (χ4v) is 1.09. The van der Waals surface area contributed by atoms with Gasteiger partial charge in [-0.3, -0.25) is 0 Å². The molecule has 0 saturated heterocycles. The van der Waals surface area contributed by atoms with Crippen LogP contribution in [0, 0.1) is 11.8 Å². The third-order valence-corrected chi connectivity index (χ3v) is 2.26. The Morgan fingerprint density at radius 3 is 2.38 bits per heavy atom. The Kier molecular flexibility index (Phi) is 2.03. The van der Waals surface area contributed by atoms with E-state index >= 15 is 0 Å². The average molecular weight is 193 g/mol. The molecule has 1 nitrogen and oxygen atoms in total. The van der Waals surface area contributed by atoms with Gasteiger partial charge in [-0.05, 0) is 37.1 Å². The van der Waals surface area contributed by atoms with E-state index in [1.807, 2.05) is 12.1 Å². The molecular weight excluding hydrogens is 184 g/mol. The van der Waals surface area contributed by atoms with E-state index in [2.05, 4.69) is 11.8 Å². The molecule has 13 heavy (non-hydrogen) atoms. The average Bonchev–Trinajstić information content (AvgIpc) is 2.84. The molecule has 1 saturated carbocycles. The van der Waals surface area contributed by atoms with Gasteiger partial charge in [0.25, 0.3) is 0 Å². The fourth-order valence-electron chi connectivity index (χ4n) is 0.965. The Morgan fingerprint density at radius 2 is 1.85 bits per heavy atom. The van der Waals surface area contributed by atoms with E-state index in [4.69, 9.17) is 11.6 Å². The second kappa shape index (κ2) is 3.06. The number of rotatable bonds is 0. The highest BCUT2D eigenvalue weighted by atomic mass is 35.5. The van der Waals surface area contributed by atoms with Crippen LogP contribution < -0.4 is 0 Å². The highest BCUT2D eigenvalue weighted by Gasteiger charge is 2.38. The van der Waals surface area contributed by atoms with Gasteiger partial charge in [0.05, 0.1) is 0 Å². The van der Waals surface area contributed by atoms with Crippen LogP contribution in [0.3, 0.4) is 0 Å². The minimum absolute atomic E-state index is 0.695. The van der Waals surface area contributed by atoms with Gasteiger partial charge in [0, 0.05) is 10.6 Å². The van der Waals surface area contributed by atoms with Gasteiger partial charge in [-0.2, -0.15) is 0 Å². The highest BCUT2D eigenvalue weighted by molar-refractivity contribution is 6.30. The molecule has 2 heteroatoms.